The van der Waals surface area contributed by atoms with E-state index in [0.717, 1.165) is 41.6 Å². The molecule has 1 aliphatic heterocycles. The molecule has 0 saturated heterocycles. The van der Waals surface area contributed by atoms with E-state index in [0.29, 0.717) is 6.10 Å². The van der Waals surface area contributed by atoms with Crippen molar-refractivity contribution in [3.05, 3.63) is 22.2 Å². The number of halogens is 1. The third-order valence-corrected chi connectivity index (χ3v) is 4.47. The van der Waals surface area contributed by atoms with E-state index in [1.807, 2.05) is 17.0 Å². The van der Waals surface area contributed by atoms with Crippen molar-refractivity contribution >= 4 is 27.5 Å². The molecule has 19 heavy (non-hydrogen) atoms. The number of amides is 1. The van der Waals surface area contributed by atoms with E-state index in [2.05, 4.69) is 22.9 Å². The minimum absolute atomic E-state index is 0.105. The molecule has 1 aliphatic carbocycles. The molecule has 3 rings (SSSR count). The van der Waals surface area contributed by atoms with E-state index in [9.17, 15) is 4.79 Å². The van der Waals surface area contributed by atoms with Gasteiger partial charge < -0.3 is 9.64 Å². The van der Waals surface area contributed by atoms with E-state index in [4.69, 9.17) is 4.74 Å². The molecule has 1 aromatic carbocycles. The maximum Gasteiger partial charge on any atom is 0.224 e. The van der Waals surface area contributed by atoms with Crippen LogP contribution in [0.2, 0.25) is 0 Å². The predicted molar refractivity (Wildman–Crippen MR) is 78.7 cm³/mol. The topological polar surface area (TPSA) is 29.5 Å². The lowest BCUT2D eigenvalue weighted by atomic mass is 9.95. The SMILES string of the molecule is CC(=O)N1c2ccc(Br)c(OC3CC3)c2CCC1C. The molecular formula is C15H18BrNO2. The number of carbonyl (C=O) groups is 1. The zero-order chi connectivity index (χ0) is 13.6. The van der Waals surface area contributed by atoms with Crippen molar-refractivity contribution in [3.63, 3.8) is 0 Å². The number of hydrogen-bond donors (Lipinski definition) is 0. The van der Waals surface area contributed by atoms with Crippen LogP contribution in [0.4, 0.5) is 5.69 Å². The van der Waals surface area contributed by atoms with Crippen molar-refractivity contribution in [2.45, 2.75) is 51.7 Å². The van der Waals surface area contributed by atoms with Crippen LogP contribution in [0, 0.1) is 0 Å². The van der Waals surface area contributed by atoms with Gasteiger partial charge in [-0.1, -0.05) is 0 Å². The average molecular weight is 324 g/mol. The molecule has 4 heteroatoms. The molecular weight excluding hydrogens is 306 g/mol. The van der Waals surface area contributed by atoms with Crippen LogP contribution < -0.4 is 9.64 Å². The fourth-order valence-electron chi connectivity index (χ4n) is 2.74. The smallest absolute Gasteiger partial charge is 0.224 e. The number of benzene rings is 1. The van der Waals surface area contributed by atoms with Crippen LogP contribution in [0.3, 0.4) is 0 Å². The number of fused-ring (bicyclic) bond motifs is 1. The summed E-state index contributed by atoms with van der Waals surface area (Å²) in [5.41, 5.74) is 2.19. The van der Waals surface area contributed by atoms with E-state index >= 15 is 0 Å². The van der Waals surface area contributed by atoms with Gasteiger partial charge >= 0.3 is 0 Å². The van der Waals surface area contributed by atoms with Gasteiger partial charge in [0, 0.05) is 18.5 Å². The Kier molecular flexibility index (Phi) is 3.29. The molecule has 102 valence electrons. The Morgan fingerprint density at radius 2 is 2.11 bits per heavy atom. The lowest BCUT2D eigenvalue weighted by Gasteiger charge is -2.35. The zero-order valence-corrected chi connectivity index (χ0v) is 12.9. The molecule has 3 nitrogen and oxygen atoms in total. The first-order chi connectivity index (χ1) is 9.08. The molecule has 1 heterocycles. The van der Waals surface area contributed by atoms with E-state index in [-0.39, 0.29) is 11.9 Å². The number of nitrogens with zero attached hydrogens (tertiary/aromatic N) is 1. The molecule has 0 bridgehead atoms. The van der Waals surface area contributed by atoms with Gasteiger partial charge in [-0.2, -0.15) is 0 Å². The van der Waals surface area contributed by atoms with E-state index in [1.54, 1.807) is 6.92 Å². The number of ether oxygens (including phenoxy) is 1. The van der Waals surface area contributed by atoms with Crippen LogP contribution in [0.1, 0.15) is 38.7 Å². The Labute approximate surface area is 122 Å². The Morgan fingerprint density at radius 3 is 2.74 bits per heavy atom. The Hall–Kier alpha value is -1.03. The zero-order valence-electron chi connectivity index (χ0n) is 11.3. The van der Waals surface area contributed by atoms with Gasteiger partial charge in [-0.3, -0.25) is 4.79 Å². The summed E-state index contributed by atoms with van der Waals surface area (Å²) in [5.74, 6) is 1.05. The summed E-state index contributed by atoms with van der Waals surface area (Å²) in [7, 11) is 0. The maximum absolute atomic E-state index is 11.9. The van der Waals surface area contributed by atoms with Crippen LogP contribution in [-0.4, -0.2) is 18.1 Å². The van der Waals surface area contributed by atoms with Crippen LogP contribution in [0.25, 0.3) is 0 Å². The van der Waals surface area contributed by atoms with Gasteiger partial charge in [-0.15, -0.1) is 0 Å². The van der Waals surface area contributed by atoms with Gasteiger partial charge in [0.25, 0.3) is 0 Å². The van der Waals surface area contributed by atoms with Crippen LogP contribution in [-0.2, 0) is 11.2 Å². The third kappa shape index (κ3) is 2.38. The largest absolute Gasteiger partial charge is 0.489 e. The van der Waals surface area contributed by atoms with Gasteiger partial charge in [-0.05, 0) is 60.7 Å². The highest BCUT2D eigenvalue weighted by molar-refractivity contribution is 9.10. The molecule has 0 spiro atoms. The molecule has 0 radical (unpaired) electrons. The van der Waals surface area contributed by atoms with Gasteiger partial charge in [0.1, 0.15) is 5.75 Å². The fourth-order valence-corrected chi connectivity index (χ4v) is 3.20. The maximum atomic E-state index is 11.9. The quantitative estimate of drug-likeness (QED) is 0.830. The lowest BCUT2D eigenvalue weighted by molar-refractivity contribution is -0.117. The fraction of sp³-hybridized carbons (Fsp3) is 0.533. The molecule has 1 saturated carbocycles. The first kappa shape index (κ1) is 13.0. The lowest BCUT2D eigenvalue weighted by Crippen LogP contribution is -2.40. The second-order valence-electron chi connectivity index (χ2n) is 5.47. The number of hydrogen-bond acceptors (Lipinski definition) is 2. The van der Waals surface area contributed by atoms with E-state index < -0.39 is 0 Å². The van der Waals surface area contributed by atoms with Crippen molar-refractivity contribution in [2.24, 2.45) is 0 Å². The Bertz CT molecular complexity index is 525. The van der Waals surface area contributed by atoms with Crippen molar-refractivity contribution in [2.75, 3.05) is 4.90 Å². The minimum Gasteiger partial charge on any atom is -0.489 e. The molecule has 1 unspecified atom stereocenters. The monoisotopic (exact) mass is 323 g/mol. The molecule has 0 N–H and O–H groups in total. The van der Waals surface area contributed by atoms with E-state index in [1.165, 1.54) is 5.56 Å². The predicted octanol–water partition coefficient (Wildman–Crippen LogP) is 3.68. The number of anilines is 1. The highest BCUT2D eigenvalue weighted by atomic mass is 79.9. The first-order valence-corrected chi connectivity index (χ1v) is 7.65. The second-order valence-corrected chi connectivity index (χ2v) is 6.32. The minimum atomic E-state index is 0.105. The number of rotatable bonds is 2. The summed E-state index contributed by atoms with van der Waals surface area (Å²) in [5, 5.41) is 0. The highest BCUT2D eigenvalue weighted by Crippen LogP contribution is 2.43. The Morgan fingerprint density at radius 1 is 1.37 bits per heavy atom. The third-order valence-electron chi connectivity index (χ3n) is 3.85. The summed E-state index contributed by atoms with van der Waals surface area (Å²) in [6.07, 6.45) is 4.62. The molecule has 2 aliphatic rings. The number of carbonyl (C=O) groups excluding carboxylic acids is 1. The molecule has 1 amide bonds. The molecule has 1 atom stereocenters. The van der Waals surface area contributed by atoms with Crippen LogP contribution >= 0.6 is 15.9 Å². The summed E-state index contributed by atoms with van der Waals surface area (Å²) in [6, 6.07) is 4.28. The van der Waals surface area contributed by atoms with Crippen molar-refractivity contribution in [3.8, 4) is 5.75 Å². The van der Waals surface area contributed by atoms with Gasteiger partial charge in [0.05, 0.1) is 16.3 Å². The molecule has 1 aromatic rings. The van der Waals surface area contributed by atoms with Crippen molar-refractivity contribution in [1.29, 1.82) is 0 Å². The van der Waals surface area contributed by atoms with Crippen molar-refractivity contribution in [1.82, 2.24) is 0 Å². The molecule has 1 fully saturated rings. The molecule has 0 aromatic heterocycles. The van der Waals surface area contributed by atoms with Crippen LogP contribution in [0.15, 0.2) is 16.6 Å². The summed E-state index contributed by atoms with van der Waals surface area (Å²) >= 11 is 3.58. The average Bonchev–Trinajstić information content (AvgIpc) is 3.16. The van der Waals surface area contributed by atoms with Gasteiger partial charge in [0.15, 0.2) is 0 Å². The Balaban J connectivity index is 2.05. The standard InChI is InChI=1S/C15H18BrNO2/c1-9-3-6-12-14(17(9)10(2)18)8-7-13(16)15(12)19-11-4-5-11/h7-9,11H,3-6H2,1-2H3. The van der Waals surface area contributed by atoms with Crippen molar-refractivity contribution < 1.29 is 9.53 Å². The summed E-state index contributed by atoms with van der Waals surface area (Å²) in [4.78, 5) is 13.8. The second kappa shape index (κ2) is 4.82. The van der Waals surface area contributed by atoms with Gasteiger partial charge in [0.2, 0.25) is 5.91 Å². The summed E-state index contributed by atoms with van der Waals surface area (Å²) in [6.45, 7) is 3.74. The summed E-state index contributed by atoms with van der Waals surface area (Å²) < 4.78 is 7.03. The normalized spacial score (nSPS) is 22.1. The highest BCUT2D eigenvalue weighted by Gasteiger charge is 2.31. The van der Waals surface area contributed by atoms with Crippen LogP contribution in [0.5, 0.6) is 5.75 Å². The first-order valence-electron chi connectivity index (χ1n) is 6.85. The van der Waals surface area contributed by atoms with Gasteiger partial charge in [-0.25, -0.2) is 0 Å².